The van der Waals surface area contributed by atoms with E-state index in [2.05, 4.69) is 10.3 Å². The molecule has 4 aromatic rings. The highest BCUT2D eigenvalue weighted by molar-refractivity contribution is 7.90. The predicted octanol–water partition coefficient (Wildman–Crippen LogP) is 3.97. The molecule has 134 valence electrons. The highest BCUT2D eigenvalue weighted by Gasteiger charge is 2.11. The van der Waals surface area contributed by atoms with Gasteiger partial charge in [-0.1, -0.05) is 11.3 Å². The zero-order valence-electron chi connectivity index (χ0n) is 13.4. The van der Waals surface area contributed by atoms with Crippen LogP contribution >= 0.6 is 23.7 Å². The van der Waals surface area contributed by atoms with Crippen LogP contribution in [0, 0.1) is 0 Å². The minimum absolute atomic E-state index is 0. The number of nitrogens with zero attached hydrogens (tertiary/aromatic N) is 1. The lowest BCUT2D eigenvalue weighted by molar-refractivity contribution is 0.585. The molecule has 26 heavy (non-hydrogen) atoms. The van der Waals surface area contributed by atoms with Crippen molar-refractivity contribution < 1.29 is 12.8 Å². The van der Waals surface area contributed by atoms with Crippen LogP contribution in [0.5, 0.6) is 0 Å². The van der Waals surface area contributed by atoms with Gasteiger partial charge in [0.15, 0.2) is 9.84 Å². The van der Waals surface area contributed by atoms with Gasteiger partial charge in [0, 0.05) is 29.2 Å². The van der Waals surface area contributed by atoms with E-state index in [9.17, 15) is 13.2 Å². The van der Waals surface area contributed by atoms with E-state index in [1.54, 1.807) is 42.6 Å². The van der Waals surface area contributed by atoms with Crippen LogP contribution in [-0.4, -0.2) is 19.7 Å². The fourth-order valence-electron chi connectivity index (χ4n) is 2.57. The van der Waals surface area contributed by atoms with Crippen molar-refractivity contribution in [1.29, 1.82) is 0 Å². The third kappa shape index (κ3) is 3.44. The number of pyridine rings is 1. The minimum atomic E-state index is -3.31. The Morgan fingerprint density at radius 1 is 1.12 bits per heavy atom. The number of rotatable bonds is 3. The minimum Gasteiger partial charge on any atom is -0.414 e. The maximum absolute atomic E-state index is 11.8. The number of fused-ring (bicyclic) bond motifs is 2. The van der Waals surface area contributed by atoms with Crippen molar-refractivity contribution >= 4 is 66.1 Å². The van der Waals surface area contributed by atoms with E-state index in [0.29, 0.717) is 16.5 Å². The number of nitrogens with one attached hydrogen (secondary N) is 1. The van der Waals surface area contributed by atoms with Crippen molar-refractivity contribution in [2.45, 2.75) is 4.90 Å². The quantitative estimate of drug-likeness (QED) is 0.551. The second-order valence-electron chi connectivity index (χ2n) is 5.55. The number of halogens is 1. The van der Waals surface area contributed by atoms with Gasteiger partial charge in [0.05, 0.1) is 15.1 Å². The lowest BCUT2D eigenvalue weighted by atomic mass is 10.2. The Morgan fingerprint density at radius 3 is 2.69 bits per heavy atom. The lowest BCUT2D eigenvalue weighted by Crippen LogP contribution is -1.98. The van der Waals surface area contributed by atoms with Gasteiger partial charge in [-0.05, 0) is 42.5 Å². The highest BCUT2D eigenvalue weighted by atomic mass is 35.5. The summed E-state index contributed by atoms with van der Waals surface area (Å²) in [6.45, 7) is 0. The Morgan fingerprint density at radius 2 is 1.92 bits per heavy atom. The second-order valence-corrected chi connectivity index (χ2v) is 8.54. The fraction of sp³-hybridized carbons (Fsp3) is 0.0588. The van der Waals surface area contributed by atoms with Gasteiger partial charge in [0.1, 0.15) is 5.58 Å². The van der Waals surface area contributed by atoms with Gasteiger partial charge in [-0.15, -0.1) is 12.4 Å². The van der Waals surface area contributed by atoms with Crippen molar-refractivity contribution in [3.8, 4) is 0 Å². The van der Waals surface area contributed by atoms with Gasteiger partial charge >= 0.3 is 4.94 Å². The molecular formula is C17H13ClN2O4S2. The first kappa shape index (κ1) is 18.4. The van der Waals surface area contributed by atoms with E-state index in [0.717, 1.165) is 27.4 Å². The molecule has 0 saturated heterocycles. The molecule has 0 fully saturated rings. The summed E-state index contributed by atoms with van der Waals surface area (Å²) in [5.41, 5.74) is 2.72. The van der Waals surface area contributed by atoms with E-state index in [1.165, 1.54) is 6.26 Å². The predicted molar refractivity (Wildman–Crippen MR) is 106 cm³/mol. The van der Waals surface area contributed by atoms with E-state index >= 15 is 0 Å². The number of anilines is 2. The van der Waals surface area contributed by atoms with Crippen LogP contribution in [0.4, 0.5) is 11.4 Å². The maximum Gasteiger partial charge on any atom is 0.396 e. The number of aromatic nitrogens is 1. The molecule has 0 radical (unpaired) electrons. The normalized spacial score (nSPS) is 11.4. The molecule has 9 heteroatoms. The van der Waals surface area contributed by atoms with E-state index in [1.807, 2.05) is 6.07 Å². The molecule has 1 N–H and O–H groups in total. The molecule has 0 aliphatic rings. The van der Waals surface area contributed by atoms with Gasteiger partial charge in [-0.25, -0.2) is 13.2 Å². The SMILES string of the molecule is CS(=O)(=O)c1ccc2nccc(Nc3ccc4oc(=O)sc4c3)c2c1.Cl. The van der Waals surface area contributed by atoms with Crippen LogP contribution < -0.4 is 10.3 Å². The summed E-state index contributed by atoms with van der Waals surface area (Å²) in [5, 5.41) is 3.96. The Bertz CT molecular complexity index is 1280. The molecule has 0 spiro atoms. The second kappa shape index (κ2) is 6.71. The van der Waals surface area contributed by atoms with Gasteiger partial charge in [0.25, 0.3) is 0 Å². The Kier molecular flexibility index (Phi) is 4.74. The highest BCUT2D eigenvalue weighted by Crippen LogP contribution is 2.29. The molecule has 0 atom stereocenters. The van der Waals surface area contributed by atoms with Crippen LogP contribution in [-0.2, 0) is 9.84 Å². The zero-order valence-corrected chi connectivity index (χ0v) is 15.9. The Hall–Kier alpha value is -2.42. The topological polar surface area (TPSA) is 89.3 Å². The van der Waals surface area contributed by atoms with Gasteiger partial charge in [-0.3, -0.25) is 4.98 Å². The average Bonchev–Trinajstić information content (AvgIpc) is 2.93. The molecule has 2 aromatic heterocycles. The molecular weight excluding hydrogens is 396 g/mol. The molecule has 6 nitrogen and oxygen atoms in total. The van der Waals surface area contributed by atoms with Crippen LogP contribution in [0.1, 0.15) is 0 Å². The number of benzene rings is 2. The van der Waals surface area contributed by atoms with Crippen molar-refractivity contribution in [1.82, 2.24) is 4.98 Å². The third-order valence-corrected chi connectivity index (χ3v) is 5.65. The summed E-state index contributed by atoms with van der Waals surface area (Å²) in [5.74, 6) is 0. The molecule has 0 amide bonds. The van der Waals surface area contributed by atoms with Crippen molar-refractivity contribution in [3.63, 3.8) is 0 Å². The molecule has 0 bridgehead atoms. The zero-order chi connectivity index (χ0) is 17.6. The van der Waals surface area contributed by atoms with Crippen molar-refractivity contribution in [2.24, 2.45) is 0 Å². The van der Waals surface area contributed by atoms with Crippen LogP contribution in [0.3, 0.4) is 0 Å². The van der Waals surface area contributed by atoms with Crippen LogP contribution in [0.2, 0.25) is 0 Å². The fourth-order valence-corrected chi connectivity index (χ4v) is 3.93. The smallest absolute Gasteiger partial charge is 0.396 e. The number of hydrogen-bond donors (Lipinski definition) is 1. The largest absolute Gasteiger partial charge is 0.414 e. The summed E-state index contributed by atoms with van der Waals surface area (Å²) >= 11 is 1.03. The molecule has 2 heterocycles. The van der Waals surface area contributed by atoms with Crippen molar-refractivity contribution in [3.05, 3.63) is 58.4 Å². The Labute approximate surface area is 158 Å². The van der Waals surface area contributed by atoms with E-state index in [-0.39, 0.29) is 22.2 Å². The first-order valence-corrected chi connectivity index (χ1v) is 10.0. The molecule has 0 saturated carbocycles. The monoisotopic (exact) mass is 408 g/mol. The summed E-state index contributed by atoms with van der Waals surface area (Å²) in [6, 6.07) is 11.9. The van der Waals surface area contributed by atoms with Gasteiger partial charge in [-0.2, -0.15) is 0 Å². The van der Waals surface area contributed by atoms with Crippen LogP contribution in [0.25, 0.3) is 21.2 Å². The third-order valence-electron chi connectivity index (χ3n) is 3.75. The first-order chi connectivity index (χ1) is 11.9. The van der Waals surface area contributed by atoms with Gasteiger partial charge in [0.2, 0.25) is 0 Å². The van der Waals surface area contributed by atoms with Crippen molar-refractivity contribution in [2.75, 3.05) is 11.6 Å². The molecule has 0 aliphatic carbocycles. The number of sulfone groups is 1. The molecule has 4 rings (SSSR count). The summed E-state index contributed by atoms with van der Waals surface area (Å²) in [7, 11) is -3.31. The first-order valence-electron chi connectivity index (χ1n) is 7.30. The summed E-state index contributed by atoms with van der Waals surface area (Å²) < 4.78 is 29.4. The molecule has 2 aromatic carbocycles. The lowest BCUT2D eigenvalue weighted by Gasteiger charge is -2.10. The van der Waals surface area contributed by atoms with E-state index in [4.69, 9.17) is 4.42 Å². The van der Waals surface area contributed by atoms with Gasteiger partial charge < -0.3 is 9.73 Å². The average molecular weight is 409 g/mol. The summed E-state index contributed by atoms with van der Waals surface area (Å²) in [6.07, 6.45) is 2.83. The Balaban J connectivity index is 0.00000196. The van der Waals surface area contributed by atoms with E-state index < -0.39 is 9.84 Å². The standard InChI is InChI=1S/C17H12N2O4S2.ClH/c1-25(21,22)11-3-4-13-12(9-11)14(6-7-18-13)19-10-2-5-15-16(8-10)24-17(20)23-15;/h2-9H,1H3,(H,18,19);1H. The molecule has 0 unspecified atom stereocenters. The molecule has 0 aliphatic heterocycles. The summed E-state index contributed by atoms with van der Waals surface area (Å²) in [4.78, 5) is 15.5. The van der Waals surface area contributed by atoms with Crippen LogP contribution in [0.15, 0.2) is 62.8 Å². The number of hydrogen-bond acceptors (Lipinski definition) is 7. The maximum atomic E-state index is 11.8.